The van der Waals surface area contributed by atoms with Crippen molar-refractivity contribution in [3.05, 3.63) is 49.0 Å². The standard InChI is InChI=1S/C9H11N/c1-2-7-10-8-5-3-4-6-9-10/h2-9H,1H3. The van der Waals surface area contributed by atoms with Crippen LogP contribution in [0.4, 0.5) is 0 Å². The smallest absolute Gasteiger partial charge is 0.00818 e. The molecule has 0 N–H and O–H groups in total. The minimum atomic E-state index is 2.00. The van der Waals surface area contributed by atoms with Crippen molar-refractivity contribution in [2.24, 2.45) is 0 Å². The van der Waals surface area contributed by atoms with E-state index < -0.39 is 0 Å². The van der Waals surface area contributed by atoms with Gasteiger partial charge >= 0.3 is 0 Å². The lowest BCUT2D eigenvalue weighted by Gasteiger charge is -2.05. The van der Waals surface area contributed by atoms with Gasteiger partial charge < -0.3 is 4.90 Å². The molecular weight excluding hydrogens is 122 g/mol. The van der Waals surface area contributed by atoms with Gasteiger partial charge in [-0.3, -0.25) is 0 Å². The van der Waals surface area contributed by atoms with Crippen molar-refractivity contribution in [3.8, 4) is 0 Å². The van der Waals surface area contributed by atoms with Crippen LogP contribution in [0, 0.1) is 0 Å². The molecule has 1 rings (SSSR count). The van der Waals surface area contributed by atoms with Crippen molar-refractivity contribution < 1.29 is 0 Å². The monoisotopic (exact) mass is 133 g/mol. The second kappa shape index (κ2) is 3.72. The molecule has 0 saturated heterocycles. The fourth-order valence-corrected chi connectivity index (χ4v) is 0.748. The number of allylic oxidation sites excluding steroid dienone is 5. The summed E-state index contributed by atoms with van der Waals surface area (Å²) in [5.74, 6) is 0. The highest BCUT2D eigenvalue weighted by atomic mass is 15.1. The molecule has 1 heteroatoms. The number of nitrogens with zero attached hydrogens (tertiary/aromatic N) is 1. The third-order valence-corrected chi connectivity index (χ3v) is 1.17. The zero-order valence-corrected chi connectivity index (χ0v) is 6.07. The van der Waals surface area contributed by atoms with Crippen LogP contribution in [0.5, 0.6) is 0 Å². The Morgan fingerprint density at radius 3 is 2.10 bits per heavy atom. The molecule has 0 fully saturated rings. The van der Waals surface area contributed by atoms with Gasteiger partial charge in [0.05, 0.1) is 0 Å². The molecule has 1 heterocycles. The Labute approximate surface area is 61.7 Å². The lowest BCUT2D eigenvalue weighted by Crippen LogP contribution is -1.96. The summed E-state index contributed by atoms with van der Waals surface area (Å²) in [6, 6.07) is 0. The van der Waals surface area contributed by atoms with Crippen LogP contribution in [0.1, 0.15) is 6.92 Å². The molecule has 52 valence electrons. The summed E-state index contributed by atoms with van der Waals surface area (Å²) >= 11 is 0. The first kappa shape index (κ1) is 6.87. The zero-order chi connectivity index (χ0) is 7.23. The number of hydrogen-bond donors (Lipinski definition) is 0. The molecule has 1 aliphatic heterocycles. The van der Waals surface area contributed by atoms with Crippen LogP contribution in [0.15, 0.2) is 49.0 Å². The quantitative estimate of drug-likeness (QED) is 0.531. The molecule has 1 nitrogen and oxygen atoms in total. The summed E-state index contributed by atoms with van der Waals surface area (Å²) in [4.78, 5) is 2.00. The summed E-state index contributed by atoms with van der Waals surface area (Å²) in [6.07, 6.45) is 16.0. The van der Waals surface area contributed by atoms with Crippen LogP contribution in [0.3, 0.4) is 0 Å². The fourth-order valence-electron chi connectivity index (χ4n) is 0.748. The SMILES string of the molecule is CC=CN1C=CC=CC=C1. The lowest BCUT2D eigenvalue weighted by molar-refractivity contribution is 0.693. The van der Waals surface area contributed by atoms with Crippen LogP contribution in [0.2, 0.25) is 0 Å². The van der Waals surface area contributed by atoms with E-state index in [1.54, 1.807) is 0 Å². The highest BCUT2D eigenvalue weighted by Crippen LogP contribution is 1.97. The van der Waals surface area contributed by atoms with E-state index in [0.29, 0.717) is 0 Å². The highest BCUT2D eigenvalue weighted by molar-refractivity contribution is 5.17. The molecule has 0 aromatic carbocycles. The van der Waals surface area contributed by atoms with E-state index in [0.717, 1.165) is 0 Å². The van der Waals surface area contributed by atoms with Gasteiger partial charge in [-0.25, -0.2) is 0 Å². The molecule has 0 atom stereocenters. The third-order valence-electron chi connectivity index (χ3n) is 1.17. The zero-order valence-electron chi connectivity index (χ0n) is 6.07. The molecule has 0 aromatic rings. The molecule has 0 saturated carbocycles. The summed E-state index contributed by atoms with van der Waals surface area (Å²) in [5, 5.41) is 0. The van der Waals surface area contributed by atoms with Crippen molar-refractivity contribution in [2.45, 2.75) is 6.92 Å². The molecule has 0 aliphatic carbocycles. The lowest BCUT2D eigenvalue weighted by atomic mass is 10.5. The Morgan fingerprint density at radius 2 is 1.60 bits per heavy atom. The average molecular weight is 133 g/mol. The number of hydrogen-bond acceptors (Lipinski definition) is 1. The Morgan fingerprint density at radius 1 is 1.00 bits per heavy atom. The van der Waals surface area contributed by atoms with Gasteiger partial charge in [0.25, 0.3) is 0 Å². The van der Waals surface area contributed by atoms with Gasteiger partial charge in [0.2, 0.25) is 0 Å². The minimum Gasteiger partial charge on any atom is -0.331 e. The van der Waals surface area contributed by atoms with Crippen LogP contribution in [-0.2, 0) is 0 Å². The second-order valence-corrected chi connectivity index (χ2v) is 2.00. The maximum absolute atomic E-state index is 2.00. The van der Waals surface area contributed by atoms with E-state index in [2.05, 4.69) is 0 Å². The Bertz CT molecular complexity index is 181. The molecule has 0 unspecified atom stereocenters. The van der Waals surface area contributed by atoms with Gasteiger partial charge in [-0.2, -0.15) is 0 Å². The van der Waals surface area contributed by atoms with Crippen molar-refractivity contribution in [3.63, 3.8) is 0 Å². The second-order valence-electron chi connectivity index (χ2n) is 2.00. The first-order chi connectivity index (χ1) is 4.93. The molecule has 0 amide bonds. The Balaban J connectivity index is 2.63. The predicted molar refractivity (Wildman–Crippen MR) is 44.1 cm³/mol. The first-order valence-corrected chi connectivity index (χ1v) is 3.35. The summed E-state index contributed by atoms with van der Waals surface area (Å²) in [6.45, 7) is 2.00. The maximum Gasteiger partial charge on any atom is 0.00818 e. The van der Waals surface area contributed by atoms with E-state index >= 15 is 0 Å². The molecule has 0 aromatic heterocycles. The van der Waals surface area contributed by atoms with E-state index in [-0.39, 0.29) is 0 Å². The van der Waals surface area contributed by atoms with E-state index in [1.807, 2.05) is 60.8 Å². The highest BCUT2D eigenvalue weighted by Gasteiger charge is 1.84. The summed E-state index contributed by atoms with van der Waals surface area (Å²) in [7, 11) is 0. The Hall–Kier alpha value is -1.24. The largest absolute Gasteiger partial charge is 0.331 e. The molecule has 0 radical (unpaired) electrons. The van der Waals surface area contributed by atoms with Crippen LogP contribution < -0.4 is 0 Å². The molecular formula is C9H11N. The van der Waals surface area contributed by atoms with Crippen LogP contribution in [-0.4, -0.2) is 4.90 Å². The van der Waals surface area contributed by atoms with Crippen LogP contribution >= 0.6 is 0 Å². The third kappa shape index (κ3) is 1.94. The van der Waals surface area contributed by atoms with Gasteiger partial charge in [0.15, 0.2) is 0 Å². The van der Waals surface area contributed by atoms with E-state index in [1.165, 1.54) is 0 Å². The van der Waals surface area contributed by atoms with Gasteiger partial charge in [0, 0.05) is 18.6 Å². The van der Waals surface area contributed by atoms with Gasteiger partial charge in [-0.05, 0) is 19.1 Å². The molecule has 0 spiro atoms. The molecule has 1 aliphatic rings. The van der Waals surface area contributed by atoms with Crippen molar-refractivity contribution >= 4 is 0 Å². The molecule has 0 bridgehead atoms. The normalized spacial score (nSPS) is 16.7. The molecule has 10 heavy (non-hydrogen) atoms. The summed E-state index contributed by atoms with van der Waals surface area (Å²) < 4.78 is 0. The van der Waals surface area contributed by atoms with E-state index in [4.69, 9.17) is 0 Å². The van der Waals surface area contributed by atoms with Gasteiger partial charge in [0.1, 0.15) is 0 Å². The number of rotatable bonds is 1. The van der Waals surface area contributed by atoms with E-state index in [9.17, 15) is 0 Å². The van der Waals surface area contributed by atoms with Gasteiger partial charge in [-0.1, -0.05) is 18.2 Å². The minimum absolute atomic E-state index is 2.00. The first-order valence-electron chi connectivity index (χ1n) is 3.35. The van der Waals surface area contributed by atoms with Crippen LogP contribution in [0.25, 0.3) is 0 Å². The summed E-state index contributed by atoms with van der Waals surface area (Å²) in [5.41, 5.74) is 0. The average Bonchev–Trinajstić information content (AvgIpc) is 2.17. The predicted octanol–water partition coefficient (Wildman–Crippen LogP) is 2.42. The maximum atomic E-state index is 2.00. The van der Waals surface area contributed by atoms with Crippen molar-refractivity contribution in [2.75, 3.05) is 0 Å². The Kier molecular flexibility index (Phi) is 2.56. The van der Waals surface area contributed by atoms with Crippen molar-refractivity contribution in [1.29, 1.82) is 0 Å². The van der Waals surface area contributed by atoms with Gasteiger partial charge in [-0.15, -0.1) is 0 Å². The topological polar surface area (TPSA) is 3.24 Å². The van der Waals surface area contributed by atoms with Crippen molar-refractivity contribution in [1.82, 2.24) is 4.90 Å². The fraction of sp³-hybridized carbons (Fsp3) is 0.111.